The normalized spacial score (nSPS) is 18.0. The van der Waals surface area contributed by atoms with Gasteiger partial charge < -0.3 is 5.32 Å². The Morgan fingerprint density at radius 2 is 1.90 bits per heavy atom. The van der Waals surface area contributed by atoms with Crippen LogP contribution in [0.25, 0.3) is 0 Å². The smallest absolute Gasteiger partial charge is 0.242 e. The zero-order valence-corrected chi connectivity index (χ0v) is 14.8. The summed E-state index contributed by atoms with van der Waals surface area (Å²) in [6.45, 7) is 4.32. The second-order valence-electron chi connectivity index (χ2n) is 5.44. The Hall–Kier alpha value is -0.0400. The van der Waals surface area contributed by atoms with Gasteiger partial charge in [0.2, 0.25) is 10.0 Å². The van der Waals surface area contributed by atoms with Crippen molar-refractivity contribution in [2.45, 2.75) is 24.7 Å². The molecule has 1 aromatic rings. The summed E-state index contributed by atoms with van der Waals surface area (Å²) in [6, 6.07) is 4.60. The molecule has 8 heteroatoms. The van der Waals surface area contributed by atoms with Gasteiger partial charge in [-0.3, -0.25) is 0 Å². The van der Waals surface area contributed by atoms with Crippen LogP contribution in [0.1, 0.15) is 19.8 Å². The van der Waals surface area contributed by atoms with Gasteiger partial charge in [-0.2, -0.15) is 0 Å². The average Bonchev–Trinajstić information content (AvgIpc) is 2.41. The molecule has 0 aromatic heterocycles. The first-order valence-electron chi connectivity index (χ1n) is 6.48. The molecule has 0 saturated carbocycles. The maximum absolute atomic E-state index is 12.3. The molecule has 0 unspecified atom stereocenters. The van der Waals surface area contributed by atoms with Crippen molar-refractivity contribution in [1.82, 2.24) is 10.0 Å². The quantitative estimate of drug-likeness (QED) is 0.852. The summed E-state index contributed by atoms with van der Waals surface area (Å²) in [5, 5.41) is 3.57. The Bertz CT molecular complexity index is 587. The van der Waals surface area contributed by atoms with E-state index in [4.69, 9.17) is 23.2 Å². The fourth-order valence-corrected chi connectivity index (χ4v) is 4.20. The molecule has 0 amide bonds. The molecule has 1 heterocycles. The van der Waals surface area contributed by atoms with Crippen LogP contribution >= 0.6 is 35.6 Å². The van der Waals surface area contributed by atoms with E-state index in [9.17, 15) is 8.42 Å². The summed E-state index contributed by atoms with van der Waals surface area (Å²) in [5.41, 5.74) is -0.0244. The van der Waals surface area contributed by atoms with E-state index in [2.05, 4.69) is 17.0 Å². The topological polar surface area (TPSA) is 58.2 Å². The molecular formula is C13H19Cl3N2O2S. The maximum atomic E-state index is 12.3. The van der Waals surface area contributed by atoms with Crippen molar-refractivity contribution in [1.29, 1.82) is 0 Å². The fraction of sp³-hybridized carbons (Fsp3) is 0.538. The Labute approximate surface area is 142 Å². The Kier molecular flexibility index (Phi) is 6.78. The molecule has 21 heavy (non-hydrogen) atoms. The van der Waals surface area contributed by atoms with Gasteiger partial charge in [-0.05, 0) is 43.5 Å². The first-order valence-corrected chi connectivity index (χ1v) is 8.72. The number of benzene rings is 1. The molecular weight excluding hydrogens is 355 g/mol. The highest BCUT2D eigenvalue weighted by Crippen LogP contribution is 2.30. The molecule has 0 aliphatic carbocycles. The summed E-state index contributed by atoms with van der Waals surface area (Å²) < 4.78 is 27.3. The monoisotopic (exact) mass is 372 g/mol. The van der Waals surface area contributed by atoms with Crippen LogP contribution in [-0.4, -0.2) is 28.1 Å². The second-order valence-corrected chi connectivity index (χ2v) is 7.96. The molecule has 0 atom stereocenters. The highest BCUT2D eigenvalue weighted by atomic mass is 35.5. The third-order valence-corrected chi connectivity index (χ3v) is 6.08. The lowest BCUT2D eigenvalue weighted by Gasteiger charge is -2.34. The first kappa shape index (κ1) is 19.0. The largest absolute Gasteiger partial charge is 0.317 e. The van der Waals surface area contributed by atoms with Crippen molar-refractivity contribution in [2.24, 2.45) is 5.41 Å². The van der Waals surface area contributed by atoms with Gasteiger partial charge in [0.15, 0.2) is 0 Å². The minimum absolute atomic E-state index is 0. The standard InChI is InChI=1S/C13H18Cl2N2O2S.ClH/c1-13(5-7-16-8-6-13)9-17-20(18,19)11-4-2-3-10(14)12(11)15;/h2-4,16-17H,5-9H2,1H3;1H. The summed E-state index contributed by atoms with van der Waals surface area (Å²) in [4.78, 5) is 0.0317. The van der Waals surface area contributed by atoms with Crippen LogP contribution in [0.5, 0.6) is 0 Å². The van der Waals surface area contributed by atoms with Gasteiger partial charge in [-0.25, -0.2) is 13.1 Å². The van der Waals surface area contributed by atoms with Crippen molar-refractivity contribution >= 4 is 45.6 Å². The van der Waals surface area contributed by atoms with Crippen LogP contribution < -0.4 is 10.0 Å². The summed E-state index contributed by atoms with van der Waals surface area (Å²) in [5.74, 6) is 0. The van der Waals surface area contributed by atoms with Crippen LogP contribution in [0.4, 0.5) is 0 Å². The van der Waals surface area contributed by atoms with Crippen molar-refractivity contribution in [3.05, 3.63) is 28.2 Å². The maximum Gasteiger partial charge on any atom is 0.242 e. The van der Waals surface area contributed by atoms with Gasteiger partial charge >= 0.3 is 0 Å². The molecule has 0 spiro atoms. The molecule has 0 bridgehead atoms. The minimum Gasteiger partial charge on any atom is -0.317 e. The molecule has 1 aliphatic rings. The fourth-order valence-electron chi connectivity index (χ4n) is 2.25. The first-order chi connectivity index (χ1) is 9.34. The molecule has 4 nitrogen and oxygen atoms in total. The van der Waals surface area contributed by atoms with Gasteiger partial charge in [-0.15, -0.1) is 12.4 Å². The average molecular weight is 374 g/mol. The minimum atomic E-state index is -3.64. The molecule has 1 aromatic carbocycles. The number of piperidine rings is 1. The summed E-state index contributed by atoms with van der Waals surface area (Å²) >= 11 is 11.8. The molecule has 1 fully saturated rings. The summed E-state index contributed by atoms with van der Waals surface area (Å²) in [6.07, 6.45) is 1.89. The number of hydrogen-bond acceptors (Lipinski definition) is 3. The van der Waals surface area contributed by atoms with Crippen LogP contribution in [0, 0.1) is 5.41 Å². The highest BCUT2D eigenvalue weighted by Gasteiger charge is 2.29. The molecule has 1 saturated heterocycles. The third-order valence-electron chi connectivity index (χ3n) is 3.71. The van der Waals surface area contributed by atoms with E-state index >= 15 is 0 Å². The summed E-state index contributed by atoms with van der Waals surface area (Å²) in [7, 11) is -3.64. The van der Waals surface area contributed by atoms with Gasteiger partial charge in [0.05, 0.1) is 10.0 Å². The zero-order chi connectivity index (χ0) is 14.8. The number of hydrogen-bond donors (Lipinski definition) is 2. The number of halogens is 3. The van der Waals surface area contributed by atoms with Crippen molar-refractivity contribution < 1.29 is 8.42 Å². The second kappa shape index (κ2) is 7.49. The Morgan fingerprint density at radius 1 is 1.29 bits per heavy atom. The van der Waals surface area contributed by atoms with Gasteiger partial charge in [-0.1, -0.05) is 36.2 Å². The lowest BCUT2D eigenvalue weighted by atomic mass is 9.81. The Morgan fingerprint density at radius 3 is 2.52 bits per heavy atom. The van der Waals surface area contributed by atoms with E-state index in [0.717, 1.165) is 25.9 Å². The number of rotatable bonds is 4. The molecule has 120 valence electrons. The van der Waals surface area contributed by atoms with Crippen LogP contribution in [0.2, 0.25) is 10.0 Å². The van der Waals surface area contributed by atoms with Crippen molar-refractivity contribution in [3.63, 3.8) is 0 Å². The van der Waals surface area contributed by atoms with Crippen LogP contribution in [0.3, 0.4) is 0 Å². The number of nitrogens with one attached hydrogen (secondary N) is 2. The SMILES string of the molecule is CC1(CNS(=O)(=O)c2cccc(Cl)c2Cl)CCNCC1.Cl. The van der Waals surface area contributed by atoms with E-state index in [0.29, 0.717) is 6.54 Å². The van der Waals surface area contributed by atoms with Crippen molar-refractivity contribution in [3.8, 4) is 0 Å². The van der Waals surface area contributed by atoms with E-state index in [1.165, 1.54) is 6.07 Å². The lowest BCUT2D eigenvalue weighted by Crippen LogP contribution is -2.42. The Balaban J connectivity index is 0.00000220. The molecule has 0 radical (unpaired) electrons. The van der Waals surface area contributed by atoms with E-state index in [1.807, 2.05) is 0 Å². The van der Waals surface area contributed by atoms with E-state index in [-0.39, 0.29) is 32.8 Å². The predicted molar refractivity (Wildman–Crippen MR) is 89.1 cm³/mol. The van der Waals surface area contributed by atoms with Crippen molar-refractivity contribution in [2.75, 3.05) is 19.6 Å². The molecule has 2 rings (SSSR count). The van der Waals surface area contributed by atoms with Crippen LogP contribution in [-0.2, 0) is 10.0 Å². The molecule has 2 N–H and O–H groups in total. The lowest BCUT2D eigenvalue weighted by molar-refractivity contribution is 0.232. The van der Waals surface area contributed by atoms with E-state index < -0.39 is 10.0 Å². The van der Waals surface area contributed by atoms with E-state index in [1.54, 1.807) is 12.1 Å². The van der Waals surface area contributed by atoms with Gasteiger partial charge in [0.1, 0.15) is 4.90 Å². The highest BCUT2D eigenvalue weighted by molar-refractivity contribution is 7.89. The van der Waals surface area contributed by atoms with Gasteiger partial charge in [0.25, 0.3) is 0 Å². The predicted octanol–water partition coefficient (Wildman–Crippen LogP) is 3.08. The number of sulfonamides is 1. The zero-order valence-electron chi connectivity index (χ0n) is 11.7. The van der Waals surface area contributed by atoms with Gasteiger partial charge in [0, 0.05) is 6.54 Å². The third kappa shape index (κ3) is 4.71. The van der Waals surface area contributed by atoms with Crippen LogP contribution in [0.15, 0.2) is 23.1 Å². The molecule has 1 aliphatic heterocycles.